The Balaban J connectivity index is 2.82. The van der Waals surface area contributed by atoms with E-state index in [2.05, 4.69) is 26.1 Å². The van der Waals surface area contributed by atoms with Crippen molar-refractivity contribution in [2.75, 3.05) is 6.54 Å². The van der Waals surface area contributed by atoms with Crippen LogP contribution in [0.25, 0.3) is 0 Å². The lowest BCUT2D eigenvalue weighted by Crippen LogP contribution is -2.55. The van der Waals surface area contributed by atoms with Crippen molar-refractivity contribution in [2.24, 2.45) is 11.1 Å². The zero-order valence-electron chi connectivity index (χ0n) is 13.1. The van der Waals surface area contributed by atoms with E-state index in [1.165, 1.54) is 12.8 Å². The SMILES string of the molecule is CCC(CC)(CC)NC(=O)C1(CN)CCCCCC1. The first kappa shape index (κ1) is 16.5. The van der Waals surface area contributed by atoms with Gasteiger partial charge in [-0.3, -0.25) is 4.79 Å². The first-order valence-electron chi connectivity index (χ1n) is 8.11. The molecule has 0 aromatic heterocycles. The maximum atomic E-state index is 12.8. The summed E-state index contributed by atoms with van der Waals surface area (Å²) in [6, 6.07) is 0. The molecule has 1 rings (SSSR count). The van der Waals surface area contributed by atoms with E-state index in [1.807, 2.05) is 0 Å². The highest BCUT2D eigenvalue weighted by atomic mass is 16.2. The standard InChI is InChI=1S/C16H32N2O/c1-4-16(5-2,6-3)18-14(19)15(13-17)11-9-7-8-10-12-15/h4-13,17H2,1-3H3,(H,18,19). The van der Waals surface area contributed by atoms with Crippen LogP contribution in [0, 0.1) is 5.41 Å². The van der Waals surface area contributed by atoms with Crippen molar-refractivity contribution in [1.29, 1.82) is 0 Å². The number of nitrogens with one attached hydrogen (secondary N) is 1. The monoisotopic (exact) mass is 268 g/mol. The van der Waals surface area contributed by atoms with Crippen LogP contribution in [0.3, 0.4) is 0 Å². The van der Waals surface area contributed by atoms with Crippen molar-refractivity contribution in [2.45, 2.75) is 84.1 Å². The van der Waals surface area contributed by atoms with Gasteiger partial charge in [0.25, 0.3) is 0 Å². The van der Waals surface area contributed by atoms with Gasteiger partial charge in [-0.25, -0.2) is 0 Å². The topological polar surface area (TPSA) is 55.1 Å². The average molecular weight is 268 g/mol. The molecule has 3 N–H and O–H groups in total. The molecule has 0 bridgehead atoms. The molecule has 0 aliphatic heterocycles. The van der Waals surface area contributed by atoms with Crippen LogP contribution in [0.15, 0.2) is 0 Å². The van der Waals surface area contributed by atoms with E-state index >= 15 is 0 Å². The third-order valence-electron chi connectivity index (χ3n) is 5.34. The Labute approximate surface area is 118 Å². The molecule has 0 heterocycles. The summed E-state index contributed by atoms with van der Waals surface area (Å²) in [5.41, 5.74) is 5.65. The number of amides is 1. The lowest BCUT2D eigenvalue weighted by Gasteiger charge is -2.38. The van der Waals surface area contributed by atoms with E-state index in [4.69, 9.17) is 5.73 Å². The summed E-state index contributed by atoms with van der Waals surface area (Å²) in [5.74, 6) is 0.211. The fraction of sp³-hybridized carbons (Fsp3) is 0.938. The van der Waals surface area contributed by atoms with Gasteiger partial charge < -0.3 is 11.1 Å². The Kier molecular flexibility index (Phi) is 6.31. The van der Waals surface area contributed by atoms with Crippen LogP contribution in [0.5, 0.6) is 0 Å². The van der Waals surface area contributed by atoms with E-state index in [-0.39, 0.29) is 16.9 Å². The molecule has 0 aromatic rings. The van der Waals surface area contributed by atoms with Crippen LogP contribution in [0.4, 0.5) is 0 Å². The summed E-state index contributed by atoms with van der Waals surface area (Å²) >= 11 is 0. The number of hydrogen-bond donors (Lipinski definition) is 2. The summed E-state index contributed by atoms with van der Waals surface area (Å²) in [4.78, 5) is 12.8. The Hall–Kier alpha value is -0.570. The van der Waals surface area contributed by atoms with E-state index in [9.17, 15) is 4.79 Å². The predicted octanol–water partition coefficient (Wildman–Crippen LogP) is 3.37. The summed E-state index contributed by atoms with van der Waals surface area (Å²) in [6.45, 7) is 6.98. The van der Waals surface area contributed by atoms with Crippen molar-refractivity contribution >= 4 is 5.91 Å². The molecule has 0 aromatic carbocycles. The highest BCUT2D eigenvalue weighted by Crippen LogP contribution is 2.35. The van der Waals surface area contributed by atoms with E-state index in [0.717, 1.165) is 44.9 Å². The largest absolute Gasteiger partial charge is 0.350 e. The van der Waals surface area contributed by atoms with Crippen molar-refractivity contribution in [3.05, 3.63) is 0 Å². The first-order chi connectivity index (χ1) is 9.08. The van der Waals surface area contributed by atoms with Crippen LogP contribution in [-0.4, -0.2) is 18.0 Å². The fourth-order valence-electron chi connectivity index (χ4n) is 3.32. The fourth-order valence-corrected chi connectivity index (χ4v) is 3.32. The number of carbonyl (C=O) groups is 1. The van der Waals surface area contributed by atoms with Gasteiger partial charge in [0.1, 0.15) is 0 Å². The number of nitrogens with two attached hydrogens (primary N) is 1. The summed E-state index contributed by atoms with van der Waals surface area (Å²) < 4.78 is 0. The highest BCUT2D eigenvalue weighted by Gasteiger charge is 2.40. The zero-order valence-corrected chi connectivity index (χ0v) is 13.1. The lowest BCUT2D eigenvalue weighted by molar-refractivity contribution is -0.133. The van der Waals surface area contributed by atoms with Gasteiger partial charge in [0.15, 0.2) is 0 Å². The van der Waals surface area contributed by atoms with Gasteiger partial charge >= 0.3 is 0 Å². The highest BCUT2D eigenvalue weighted by molar-refractivity contribution is 5.83. The summed E-state index contributed by atoms with van der Waals surface area (Å²) in [6.07, 6.45) is 9.67. The Morgan fingerprint density at radius 1 is 1.05 bits per heavy atom. The summed E-state index contributed by atoms with van der Waals surface area (Å²) in [7, 11) is 0. The maximum Gasteiger partial charge on any atom is 0.227 e. The van der Waals surface area contributed by atoms with Crippen molar-refractivity contribution < 1.29 is 4.79 Å². The van der Waals surface area contributed by atoms with Gasteiger partial charge in [0.05, 0.1) is 5.41 Å². The van der Waals surface area contributed by atoms with Gasteiger partial charge in [-0.2, -0.15) is 0 Å². The molecular weight excluding hydrogens is 236 g/mol. The maximum absolute atomic E-state index is 12.8. The minimum absolute atomic E-state index is 0.0362. The minimum atomic E-state index is -0.304. The molecule has 3 nitrogen and oxygen atoms in total. The molecule has 1 aliphatic carbocycles. The smallest absolute Gasteiger partial charge is 0.227 e. The first-order valence-corrected chi connectivity index (χ1v) is 8.11. The number of carbonyl (C=O) groups excluding carboxylic acids is 1. The van der Waals surface area contributed by atoms with E-state index in [1.54, 1.807) is 0 Å². The molecule has 0 atom stereocenters. The normalized spacial score (nSPS) is 19.8. The van der Waals surface area contributed by atoms with Crippen LogP contribution < -0.4 is 11.1 Å². The molecule has 1 saturated carbocycles. The van der Waals surface area contributed by atoms with Crippen LogP contribution in [0.2, 0.25) is 0 Å². The third kappa shape index (κ3) is 3.71. The van der Waals surface area contributed by atoms with Crippen molar-refractivity contribution in [1.82, 2.24) is 5.32 Å². The van der Waals surface area contributed by atoms with Gasteiger partial charge in [-0.1, -0.05) is 46.5 Å². The van der Waals surface area contributed by atoms with Gasteiger partial charge in [-0.15, -0.1) is 0 Å². The Morgan fingerprint density at radius 2 is 1.53 bits per heavy atom. The number of rotatable bonds is 6. The minimum Gasteiger partial charge on any atom is -0.350 e. The quantitative estimate of drug-likeness (QED) is 0.726. The molecule has 1 fully saturated rings. The molecule has 0 spiro atoms. The Morgan fingerprint density at radius 3 is 1.89 bits per heavy atom. The number of hydrogen-bond acceptors (Lipinski definition) is 2. The van der Waals surface area contributed by atoms with Crippen molar-refractivity contribution in [3.63, 3.8) is 0 Å². The molecule has 3 heteroatoms. The second-order valence-corrected chi connectivity index (χ2v) is 6.19. The molecule has 0 saturated heterocycles. The van der Waals surface area contributed by atoms with E-state index in [0.29, 0.717) is 6.54 Å². The third-order valence-corrected chi connectivity index (χ3v) is 5.34. The summed E-state index contributed by atoms with van der Waals surface area (Å²) in [5, 5.41) is 3.35. The van der Waals surface area contributed by atoms with Crippen LogP contribution >= 0.6 is 0 Å². The molecule has 0 unspecified atom stereocenters. The molecule has 19 heavy (non-hydrogen) atoms. The van der Waals surface area contributed by atoms with Crippen LogP contribution in [-0.2, 0) is 4.79 Å². The van der Waals surface area contributed by atoms with Crippen LogP contribution in [0.1, 0.15) is 78.6 Å². The molecule has 112 valence electrons. The molecule has 1 amide bonds. The molecule has 0 radical (unpaired) electrons. The lowest BCUT2D eigenvalue weighted by atomic mass is 9.78. The molecular formula is C16H32N2O. The predicted molar refractivity (Wildman–Crippen MR) is 80.9 cm³/mol. The van der Waals surface area contributed by atoms with Gasteiger partial charge in [0.2, 0.25) is 5.91 Å². The average Bonchev–Trinajstić information content (AvgIpc) is 2.71. The van der Waals surface area contributed by atoms with Gasteiger partial charge in [0, 0.05) is 12.1 Å². The second-order valence-electron chi connectivity index (χ2n) is 6.19. The van der Waals surface area contributed by atoms with E-state index < -0.39 is 0 Å². The molecule has 1 aliphatic rings. The second kappa shape index (κ2) is 7.28. The van der Waals surface area contributed by atoms with Crippen molar-refractivity contribution in [3.8, 4) is 0 Å². The van der Waals surface area contributed by atoms with Gasteiger partial charge in [-0.05, 0) is 32.1 Å². The zero-order chi connectivity index (χ0) is 14.4. The Bertz CT molecular complexity index is 268.